The Morgan fingerprint density at radius 3 is 2.07 bits per heavy atom. The van der Waals surface area contributed by atoms with E-state index < -0.39 is 11.8 Å². The summed E-state index contributed by atoms with van der Waals surface area (Å²) in [6, 6.07) is 11.7. The summed E-state index contributed by atoms with van der Waals surface area (Å²) in [5.74, 6) is 0.0406. The monoisotopic (exact) mass is 369 g/mol. The molecule has 0 aromatic heterocycles. The Morgan fingerprint density at radius 1 is 0.815 bits per heavy atom. The third-order valence-corrected chi connectivity index (χ3v) is 3.61. The lowest BCUT2D eigenvalue weighted by Crippen LogP contribution is -2.22. The first kappa shape index (κ1) is 18.2. The fourth-order valence-corrected chi connectivity index (χ4v) is 2.56. The molecule has 1 heterocycles. The minimum atomic E-state index is -0.468. The molecule has 0 fully saturated rings. The molecule has 0 spiro atoms. The van der Waals surface area contributed by atoms with Crippen molar-refractivity contribution in [2.75, 3.05) is 29.2 Å². The van der Waals surface area contributed by atoms with Gasteiger partial charge in [-0.15, -0.1) is 0 Å². The molecule has 3 amide bonds. The molecule has 1 aliphatic rings. The van der Waals surface area contributed by atoms with Crippen LogP contribution >= 0.6 is 0 Å². The highest BCUT2D eigenvalue weighted by Crippen LogP contribution is 2.32. The van der Waals surface area contributed by atoms with E-state index in [0.29, 0.717) is 41.8 Å². The van der Waals surface area contributed by atoms with Crippen LogP contribution in [0.4, 0.5) is 17.1 Å². The number of rotatable bonds is 5. The summed E-state index contributed by atoms with van der Waals surface area (Å²) in [6.07, 6.45) is -0.348. The van der Waals surface area contributed by atoms with E-state index in [1.807, 2.05) is 0 Å². The maximum atomic E-state index is 12.1. The van der Waals surface area contributed by atoms with E-state index in [2.05, 4.69) is 16.0 Å². The Balaban J connectivity index is 1.55. The molecule has 0 atom stereocenters. The van der Waals surface area contributed by atoms with Crippen LogP contribution < -0.4 is 25.4 Å². The minimum absolute atomic E-state index is 0.211. The van der Waals surface area contributed by atoms with Gasteiger partial charge in [0.15, 0.2) is 11.5 Å². The lowest BCUT2D eigenvalue weighted by atomic mass is 10.2. The van der Waals surface area contributed by atoms with Gasteiger partial charge >= 0.3 is 0 Å². The smallest absolute Gasteiger partial charge is 0.233 e. The third kappa shape index (κ3) is 5.21. The van der Waals surface area contributed by atoms with Crippen molar-refractivity contribution >= 4 is 34.8 Å². The quantitative estimate of drug-likeness (QED) is 0.702. The van der Waals surface area contributed by atoms with E-state index in [1.54, 1.807) is 42.5 Å². The highest BCUT2D eigenvalue weighted by Gasteiger charge is 2.14. The molecule has 3 N–H and O–H groups in total. The molecule has 27 heavy (non-hydrogen) atoms. The van der Waals surface area contributed by atoms with Gasteiger partial charge in [0.2, 0.25) is 17.7 Å². The van der Waals surface area contributed by atoms with E-state index in [1.165, 1.54) is 6.92 Å². The maximum absolute atomic E-state index is 12.1. The molecular formula is C19H19N3O5. The van der Waals surface area contributed by atoms with E-state index in [4.69, 9.17) is 9.47 Å². The molecule has 8 nitrogen and oxygen atoms in total. The first-order chi connectivity index (χ1) is 13.0. The molecule has 1 aliphatic heterocycles. The van der Waals surface area contributed by atoms with Gasteiger partial charge < -0.3 is 25.4 Å². The van der Waals surface area contributed by atoms with Gasteiger partial charge in [0.1, 0.15) is 19.6 Å². The number of nitrogens with one attached hydrogen (secondary N) is 3. The van der Waals surface area contributed by atoms with Gasteiger partial charge in [0, 0.05) is 30.1 Å². The molecule has 0 aliphatic carbocycles. The van der Waals surface area contributed by atoms with Gasteiger partial charge in [-0.3, -0.25) is 14.4 Å². The highest BCUT2D eigenvalue weighted by atomic mass is 16.6. The zero-order valence-corrected chi connectivity index (χ0v) is 14.7. The number of fused-ring (bicyclic) bond motifs is 1. The van der Waals surface area contributed by atoms with Crippen molar-refractivity contribution in [3.05, 3.63) is 42.5 Å². The summed E-state index contributed by atoms with van der Waals surface area (Å²) in [5, 5.41) is 7.91. The predicted octanol–water partition coefficient (Wildman–Crippen LogP) is 2.38. The number of hydrogen-bond donors (Lipinski definition) is 3. The summed E-state index contributed by atoms with van der Waals surface area (Å²) in [7, 11) is 0. The Kier molecular flexibility index (Phi) is 5.55. The van der Waals surface area contributed by atoms with Crippen LogP contribution in [0.25, 0.3) is 0 Å². The summed E-state index contributed by atoms with van der Waals surface area (Å²) in [5.41, 5.74) is 1.56. The summed E-state index contributed by atoms with van der Waals surface area (Å²) >= 11 is 0. The lowest BCUT2D eigenvalue weighted by molar-refractivity contribution is -0.123. The summed E-state index contributed by atoms with van der Waals surface area (Å²) in [6.45, 7) is 2.33. The first-order valence-corrected chi connectivity index (χ1v) is 8.36. The number of carbonyl (C=O) groups excluding carboxylic acids is 3. The highest BCUT2D eigenvalue weighted by molar-refractivity contribution is 6.08. The number of benzene rings is 2. The molecule has 0 saturated heterocycles. The number of carbonyl (C=O) groups is 3. The van der Waals surface area contributed by atoms with Gasteiger partial charge in [-0.2, -0.15) is 0 Å². The summed E-state index contributed by atoms with van der Waals surface area (Å²) in [4.78, 5) is 35.3. The van der Waals surface area contributed by atoms with E-state index in [0.717, 1.165) is 0 Å². The standard InChI is InChI=1S/C19H19N3O5/c1-12(23)20-13-3-2-4-14(9-13)21-18(24)11-19(25)22-15-5-6-16-17(10-15)27-8-7-26-16/h2-6,9-10H,7-8,11H2,1H3,(H,20,23)(H,21,24)(H,22,25). The van der Waals surface area contributed by atoms with Crippen LogP contribution in [0, 0.1) is 0 Å². The van der Waals surface area contributed by atoms with Crippen LogP contribution in [0.5, 0.6) is 11.5 Å². The molecule has 3 rings (SSSR count). The van der Waals surface area contributed by atoms with Crippen LogP contribution in [0.2, 0.25) is 0 Å². The Bertz CT molecular complexity index is 881. The largest absolute Gasteiger partial charge is 0.486 e. The van der Waals surface area contributed by atoms with Gasteiger partial charge in [-0.1, -0.05) is 6.07 Å². The Hall–Kier alpha value is -3.55. The lowest BCUT2D eigenvalue weighted by Gasteiger charge is -2.19. The van der Waals surface area contributed by atoms with Gasteiger partial charge in [0.05, 0.1) is 0 Å². The van der Waals surface area contributed by atoms with Crippen molar-refractivity contribution < 1.29 is 23.9 Å². The number of anilines is 3. The minimum Gasteiger partial charge on any atom is -0.486 e. The number of amides is 3. The van der Waals surface area contributed by atoms with Crippen molar-refractivity contribution in [1.82, 2.24) is 0 Å². The van der Waals surface area contributed by atoms with Crippen molar-refractivity contribution in [3.63, 3.8) is 0 Å². The van der Waals surface area contributed by atoms with Crippen LogP contribution in [0.15, 0.2) is 42.5 Å². The normalized spacial score (nSPS) is 12.0. The van der Waals surface area contributed by atoms with Crippen LogP contribution in [0.1, 0.15) is 13.3 Å². The third-order valence-electron chi connectivity index (χ3n) is 3.61. The van der Waals surface area contributed by atoms with E-state index in [-0.39, 0.29) is 12.3 Å². The van der Waals surface area contributed by atoms with Crippen LogP contribution in [0.3, 0.4) is 0 Å². The van der Waals surface area contributed by atoms with Crippen molar-refractivity contribution in [3.8, 4) is 11.5 Å². The van der Waals surface area contributed by atoms with Gasteiger partial charge in [-0.25, -0.2) is 0 Å². The van der Waals surface area contributed by atoms with Gasteiger partial charge in [0.25, 0.3) is 0 Å². The predicted molar refractivity (Wildman–Crippen MR) is 100 cm³/mol. The summed E-state index contributed by atoms with van der Waals surface area (Å²) < 4.78 is 10.9. The zero-order chi connectivity index (χ0) is 19.2. The fourth-order valence-electron chi connectivity index (χ4n) is 2.56. The van der Waals surface area contributed by atoms with Crippen LogP contribution in [-0.2, 0) is 14.4 Å². The molecule has 140 valence electrons. The van der Waals surface area contributed by atoms with Gasteiger partial charge in [-0.05, 0) is 30.3 Å². The topological polar surface area (TPSA) is 106 Å². The van der Waals surface area contributed by atoms with E-state index in [9.17, 15) is 14.4 Å². The Morgan fingerprint density at radius 2 is 1.41 bits per heavy atom. The first-order valence-electron chi connectivity index (χ1n) is 8.36. The zero-order valence-electron chi connectivity index (χ0n) is 14.7. The van der Waals surface area contributed by atoms with Crippen molar-refractivity contribution in [1.29, 1.82) is 0 Å². The van der Waals surface area contributed by atoms with Crippen molar-refractivity contribution in [2.24, 2.45) is 0 Å². The average Bonchev–Trinajstić information content (AvgIpc) is 2.61. The molecule has 0 bridgehead atoms. The molecule has 8 heteroatoms. The molecule has 0 saturated carbocycles. The average molecular weight is 369 g/mol. The number of ether oxygens (including phenoxy) is 2. The SMILES string of the molecule is CC(=O)Nc1cccc(NC(=O)CC(=O)Nc2ccc3c(c2)OCCO3)c1. The molecular weight excluding hydrogens is 350 g/mol. The maximum Gasteiger partial charge on any atom is 0.233 e. The fraction of sp³-hybridized carbons (Fsp3) is 0.211. The second-order valence-electron chi connectivity index (χ2n) is 5.89. The van der Waals surface area contributed by atoms with E-state index >= 15 is 0 Å². The second kappa shape index (κ2) is 8.22. The molecule has 0 unspecified atom stereocenters. The second-order valence-corrected chi connectivity index (χ2v) is 5.89. The number of hydrogen-bond acceptors (Lipinski definition) is 5. The van der Waals surface area contributed by atoms with Crippen LogP contribution in [-0.4, -0.2) is 30.9 Å². The van der Waals surface area contributed by atoms with Crippen molar-refractivity contribution in [2.45, 2.75) is 13.3 Å². The molecule has 0 radical (unpaired) electrons. The Labute approximate surface area is 155 Å². The molecule has 2 aromatic rings. The molecule has 2 aromatic carbocycles.